The van der Waals surface area contributed by atoms with Gasteiger partial charge in [-0.05, 0) is 49.2 Å². The lowest BCUT2D eigenvalue weighted by Gasteiger charge is -2.16. The Balaban J connectivity index is 1.83. The van der Waals surface area contributed by atoms with Crippen molar-refractivity contribution in [3.63, 3.8) is 0 Å². The Morgan fingerprint density at radius 1 is 1.21 bits per heavy atom. The number of halogens is 2. The summed E-state index contributed by atoms with van der Waals surface area (Å²) in [5, 5.41) is 5.28. The van der Waals surface area contributed by atoms with Crippen molar-refractivity contribution in [3.05, 3.63) is 58.1 Å². The number of hydrogen-bond donors (Lipinski definition) is 1. The highest BCUT2D eigenvalue weighted by atomic mass is 35.5. The van der Waals surface area contributed by atoms with Gasteiger partial charge in [0.05, 0.1) is 27.4 Å². The van der Waals surface area contributed by atoms with E-state index < -0.39 is 0 Å². The van der Waals surface area contributed by atoms with E-state index in [0.29, 0.717) is 22.2 Å². The molecule has 0 saturated carbocycles. The Morgan fingerprint density at radius 2 is 2.00 bits per heavy atom. The predicted octanol–water partition coefficient (Wildman–Crippen LogP) is 6.37. The fraction of sp³-hybridized carbons (Fsp3) is 0.238. The minimum absolute atomic E-state index is 0.106. The van der Waals surface area contributed by atoms with Crippen LogP contribution < -0.4 is 10.1 Å². The number of nitrogens with zero attached hydrogens (tertiary/aromatic N) is 1. The van der Waals surface area contributed by atoms with Gasteiger partial charge in [-0.3, -0.25) is 4.79 Å². The highest BCUT2D eigenvalue weighted by Crippen LogP contribution is 2.32. The average molecular weight is 435 g/mol. The van der Waals surface area contributed by atoms with Gasteiger partial charge < -0.3 is 10.1 Å². The van der Waals surface area contributed by atoms with E-state index in [9.17, 15) is 4.79 Å². The number of fused-ring (bicyclic) bond motifs is 1. The number of benzene rings is 2. The molecule has 1 atom stereocenters. The molecule has 0 bridgehead atoms. The monoisotopic (exact) mass is 434 g/mol. The molecule has 0 saturated heterocycles. The number of thioether (sulfide) groups is 1. The molecule has 0 spiro atoms. The van der Waals surface area contributed by atoms with Gasteiger partial charge in [-0.25, -0.2) is 4.98 Å². The van der Waals surface area contributed by atoms with Crippen LogP contribution in [0.25, 0.3) is 10.9 Å². The van der Waals surface area contributed by atoms with Gasteiger partial charge in [-0.15, -0.1) is 0 Å². The van der Waals surface area contributed by atoms with Crippen molar-refractivity contribution in [1.82, 2.24) is 4.98 Å². The smallest absolute Gasteiger partial charge is 0.237 e. The number of nitrogens with one attached hydrogen (secondary N) is 1. The molecule has 0 radical (unpaired) electrons. The number of para-hydroxylation sites is 1. The fourth-order valence-corrected chi connectivity index (χ4v) is 4.16. The van der Waals surface area contributed by atoms with Crippen LogP contribution in [0.15, 0.2) is 47.5 Å². The molecule has 0 aliphatic carbocycles. The topological polar surface area (TPSA) is 51.2 Å². The molecule has 0 fully saturated rings. The number of rotatable bonds is 6. The second-order valence-electron chi connectivity index (χ2n) is 6.27. The third kappa shape index (κ3) is 4.54. The van der Waals surface area contributed by atoms with Crippen molar-refractivity contribution in [2.45, 2.75) is 30.5 Å². The van der Waals surface area contributed by atoms with Crippen molar-refractivity contribution >= 4 is 57.5 Å². The van der Waals surface area contributed by atoms with Crippen molar-refractivity contribution in [2.75, 3.05) is 12.4 Å². The van der Waals surface area contributed by atoms with E-state index in [1.807, 2.05) is 38.1 Å². The van der Waals surface area contributed by atoms with E-state index in [4.69, 9.17) is 32.9 Å². The van der Waals surface area contributed by atoms with Crippen molar-refractivity contribution in [3.8, 4) is 5.75 Å². The van der Waals surface area contributed by atoms with Crippen molar-refractivity contribution in [2.24, 2.45) is 0 Å². The van der Waals surface area contributed by atoms with E-state index in [-0.39, 0.29) is 11.2 Å². The maximum absolute atomic E-state index is 12.8. The van der Waals surface area contributed by atoms with Crippen LogP contribution in [0.3, 0.4) is 0 Å². The number of amides is 1. The molecule has 4 nitrogen and oxygen atoms in total. The Bertz CT molecular complexity index is 1030. The molecule has 3 aromatic rings. The van der Waals surface area contributed by atoms with Gasteiger partial charge in [-0.2, -0.15) is 0 Å². The zero-order valence-electron chi connectivity index (χ0n) is 15.8. The largest absolute Gasteiger partial charge is 0.494 e. The first-order valence-electron chi connectivity index (χ1n) is 8.79. The first-order chi connectivity index (χ1) is 13.4. The molecule has 7 heteroatoms. The fourth-order valence-electron chi connectivity index (χ4n) is 2.85. The molecule has 0 aliphatic rings. The first-order valence-corrected chi connectivity index (χ1v) is 10.4. The Labute approximate surface area is 178 Å². The number of hydrogen-bond acceptors (Lipinski definition) is 4. The van der Waals surface area contributed by atoms with Crippen LogP contribution in [-0.2, 0) is 4.79 Å². The van der Waals surface area contributed by atoms with Gasteiger partial charge in [0.2, 0.25) is 5.91 Å². The molecule has 1 amide bonds. The number of aryl methyl sites for hydroxylation is 1. The number of methoxy groups -OCH3 is 1. The molecule has 2 aromatic carbocycles. The summed E-state index contributed by atoms with van der Waals surface area (Å²) in [6, 6.07) is 12.9. The highest BCUT2D eigenvalue weighted by Gasteiger charge is 2.20. The molecule has 1 aromatic heterocycles. The van der Waals surface area contributed by atoms with Crippen LogP contribution in [0, 0.1) is 6.92 Å². The molecule has 1 N–H and O–H groups in total. The standard InChI is InChI=1S/C21H20Cl2N2O2S/c1-4-18(21(26)24-13-8-9-15(22)16(23)11-13)28-19-10-12(2)14-6-5-7-17(27-3)20(14)25-19/h5-11,18H,4H2,1-3H3,(H,24,26). The molecule has 1 unspecified atom stereocenters. The number of carbonyl (C=O) groups excluding carboxylic acids is 1. The number of carbonyl (C=O) groups is 1. The van der Waals surface area contributed by atoms with Crippen LogP contribution in [0.5, 0.6) is 5.75 Å². The summed E-state index contributed by atoms with van der Waals surface area (Å²) in [5.41, 5.74) is 2.50. The average Bonchev–Trinajstić information content (AvgIpc) is 2.68. The van der Waals surface area contributed by atoms with Gasteiger partial charge in [0.25, 0.3) is 0 Å². The lowest BCUT2D eigenvalue weighted by molar-refractivity contribution is -0.115. The molecule has 28 heavy (non-hydrogen) atoms. The Hall–Kier alpha value is -1.95. The molecule has 3 rings (SSSR count). The summed E-state index contributed by atoms with van der Waals surface area (Å²) in [6.07, 6.45) is 0.655. The molecular formula is C21H20Cl2N2O2S. The maximum Gasteiger partial charge on any atom is 0.237 e. The minimum Gasteiger partial charge on any atom is -0.494 e. The Kier molecular flexibility index (Phi) is 6.70. The van der Waals surface area contributed by atoms with Crippen molar-refractivity contribution < 1.29 is 9.53 Å². The molecule has 0 aliphatic heterocycles. The van der Waals surface area contributed by atoms with Crippen LogP contribution in [0.2, 0.25) is 10.0 Å². The Morgan fingerprint density at radius 3 is 2.68 bits per heavy atom. The summed E-state index contributed by atoms with van der Waals surface area (Å²) in [5.74, 6) is 0.613. The quantitative estimate of drug-likeness (QED) is 0.457. The number of anilines is 1. The highest BCUT2D eigenvalue weighted by molar-refractivity contribution is 8.00. The van der Waals surface area contributed by atoms with Gasteiger partial charge in [0.15, 0.2) is 0 Å². The van der Waals surface area contributed by atoms with Crippen LogP contribution in [0.1, 0.15) is 18.9 Å². The maximum atomic E-state index is 12.8. The van der Waals surface area contributed by atoms with Gasteiger partial charge in [-0.1, -0.05) is 54.0 Å². The third-order valence-corrected chi connectivity index (χ3v) is 6.34. The summed E-state index contributed by atoms with van der Waals surface area (Å²) in [6.45, 7) is 4.00. The molecular weight excluding hydrogens is 415 g/mol. The molecule has 146 valence electrons. The number of pyridine rings is 1. The summed E-state index contributed by atoms with van der Waals surface area (Å²) in [4.78, 5) is 17.5. The van der Waals surface area contributed by atoms with Gasteiger partial charge in [0, 0.05) is 11.1 Å². The predicted molar refractivity (Wildman–Crippen MR) is 118 cm³/mol. The van der Waals surface area contributed by atoms with Crippen LogP contribution >= 0.6 is 35.0 Å². The van der Waals surface area contributed by atoms with Gasteiger partial charge >= 0.3 is 0 Å². The van der Waals surface area contributed by atoms with E-state index in [1.165, 1.54) is 11.8 Å². The van der Waals surface area contributed by atoms with Crippen molar-refractivity contribution in [1.29, 1.82) is 0 Å². The minimum atomic E-state index is -0.298. The lowest BCUT2D eigenvalue weighted by atomic mass is 10.1. The summed E-state index contributed by atoms with van der Waals surface area (Å²) in [7, 11) is 1.63. The normalized spacial score (nSPS) is 12.0. The second kappa shape index (κ2) is 9.03. The first kappa shape index (κ1) is 20.8. The number of aromatic nitrogens is 1. The van der Waals surface area contributed by atoms with Gasteiger partial charge in [0.1, 0.15) is 11.3 Å². The second-order valence-corrected chi connectivity index (χ2v) is 8.30. The number of ether oxygens (including phenoxy) is 1. The van der Waals surface area contributed by atoms with Crippen LogP contribution in [-0.4, -0.2) is 23.3 Å². The van der Waals surface area contributed by atoms with E-state index in [0.717, 1.165) is 27.2 Å². The van der Waals surface area contributed by atoms with Crippen LogP contribution in [0.4, 0.5) is 5.69 Å². The van der Waals surface area contributed by atoms with E-state index in [2.05, 4.69) is 5.32 Å². The summed E-state index contributed by atoms with van der Waals surface area (Å²) >= 11 is 13.4. The molecule has 1 heterocycles. The summed E-state index contributed by atoms with van der Waals surface area (Å²) < 4.78 is 5.44. The van der Waals surface area contributed by atoms with E-state index >= 15 is 0 Å². The lowest BCUT2D eigenvalue weighted by Crippen LogP contribution is -2.24. The SMILES string of the molecule is CCC(Sc1cc(C)c2cccc(OC)c2n1)C(=O)Nc1ccc(Cl)c(Cl)c1. The van der Waals surface area contributed by atoms with E-state index in [1.54, 1.807) is 25.3 Å². The third-order valence-electron chi connectivity index (χ3n) is 4.32. The zero-order chi connectivity index (χ0) is 20.3. The zero-order valence-corrected chi connectivity index (χ0v) is 18.1.